The van der Waals surface area contributed by atoms with Gasteiger partial charge in [0.1, 0.15) is 5.56 Å². The summed E-state index contributed by atoms with van der Waals surface area (Å²) in [5.74, 6) is -1.45. The van der Waals surface area contributed by atoms with Crippen LogP contribution in [-0.2, 0) is 0 Å². The fourth-order valence-electron chi connectivity index (χ4n) is 1.84. The van der Waals surface area contributed by atoms with Gasteiger partial charge >= 0.3 is 5.97 Å². The van der Waals surface area contributed by atoms with Gasteiger partial charge in [0, 0.05) is 23.6 Å². The van der Waals surface area contributed by atoms with E-state index >= 15 is 0 Å². The Morgan fingerprint density at radius 1 is 1.43 bits per heavy atom. The summed E-state index contributed by atoms with van der Waals surface area (Å²) >= 11 is 0. The number of pyridine rings is 1. The number of aromatic nitrogens is 1. The maximum absolute atomic E-state index is 13.8. The lowest BCUT2D eigenvalue weighted by molar-refractivity contribution is 0.0697. The van der Waals surface area contributed by atoms with Crippen molar-refractivity contribution in [2.45, 2.75) is 13.8 Å². The van der Waals surface area contributed by atoms with Crippen molar-refractivity contribution in [2.75, 3.05) is 11.9 Å². The Hall–Kier alpha value is -2.63. The number of carboxylic acid groups (broad SMARTS) is 1. The lowest BCUT2D eigenvalue weighted by atomic mass is 10.2. The topological polar surface area (TPSA) is 71.5 Å². The van der Waals surface area contributed by atoms with Gasteiger partial charge in [-0.05, 0) is 32.0 Å². The summed E-state index contributed by atoms with van der Waals surface area (Å²) in [4.78, 5) is 15.1. The van der Waals surface area contributed by atoms with Crippen LogP contribution in [0.2, 0.25) is 0 Å². The Kier molecular flexibility index (Phi) is 4.37. The van der Waals surface area contributed by atoms with Crippen LogP contribution >= 0.6 is 0 Å². The first kappa shape index (κ1) is 14.8. The maximum Gasteiger partial charge on any atom is 0.339 e. The molecule has 1 aromatic carbocycles. The molecule has 0 unspecified atom stereocenters. The van der Waals surface area contributed by atoms with Crippen LogP contribution in [0, 0.1) is 12.7 Å². The van der Waals surface area contributed by atoms with Gasteiger partial charge < -0.3 is 15.2 Å². The van der Waals surface area contributed by atoms with E-state index in [1.165, 1.54) is 18.3 Å². The van der Waals surface area contributed by atoms with E-state index in [0.29, 0.717) is 23.7 Å². The molecule has 0 aliphatic heterocycles. The third kappa shape index (κ3) is 3.47. The molecule has 2 N–H and O–H groups in total. The first-order chi connectivity index (χ1) is 10.0. The quantitative estimate of drug-likeness (QED) is 0.883. The van der Waals surface area contributed by atoms with E-state index in [2.05, 4.69) is 10.3 Å². The minimum Gasteiger partial charge on any atom is -0.491 e. The van der Waals surface area contributed by atoms with Crippen LogP contribution in [0.4, 0.5) is 15.8 Å². The summed E-state index contributed by atoms with van der Waals surface area (Å²) in [5, 5.41) is 12.0. The molecule has 1 heterocycles. The number of ether oxygens (including phenoxy) is 1. The molecule has 0 amide bonds. The fraction of sp³-hybridized carbons (Fsp3) is 0.200. The van der Waals surface area contributed by atoms with Crippen LogP contribution in [0.3, 0.4) is 0 Å². The highest BCUT2D eigenvalue weighted by Gasteiger charge is 2.12. The highest BCUT2D eigenvalue weighted by atomic mass is 19.1. The van der Waals surface area contributed by atoms with Crippen molar-refractivity contribution >= 4 is 17.3 Å². The molecule has 0 saturated heterocycles. The molecule has 0 spiro atoms. The number of hydrogen-bond donors (Lipinski definition) is 2. The number of nitrogens with zero attached hydrogens (tertiary/aromatic N) is 1. The number of anilines is 2. The van der Waals surface area contributed by atoms with Crippen LogP contribution < -0.4 is 10.1 Å². The molecule has 1 aromatic heterocycles. The second-order valence-corrected chi connectivity index (χ2v) is 4.38. The molecule has 0 radical (unpaired) electrons. The van der Waals surface area contributed by atoms with Crippen molar-refractivity contribution in [1.82, 2.24) is 4.98 Å². The number of carboxylic acids is 1. The van der Waals surface area contributed by atoms with Crippen LogP contribution in [0.5, 0.6) is 5.75 Å². The minimum atomic E-state index is -1.10. The van der Waals surface area contributed by atoms with E-state index in [1.807, 2.05) is 0 Å². The van der Waals surface area contributed by atoms with Gasteiger partial charge in [-0.25, -0.2) is 9.18 Å². The standard InChI is InChI=1S/C15H15FN2O3/c1-3-21-14-5-4-10(7-12(14)16)18-13-6-9(2)17-8-11(13)15(19)20/h4-8H,3H2,1-2H3,(H,17,18)(H,19,20). The summed E-state index contributed by atoms with van der Waals surface area (Å²) in [6.07, 6.45) is 1.27. The summed E-state index contributed by atoms with van der Waals surface area (Å²) in [7, 11) is 0. The number of nitrogens with one attached hydrogen (secondary N) is 1. The van der Waals surface area contributed by atoms with Crippen LogP contribution in [0.15, 0.2) is 30.5 Å². The van der Waals surface area contributed by atoms with E-state index in [9.17, 15) is 9.18 Å². The predicted octanol–water partition coefficient (Wildman–Crippen LogP) is 3.37. The predicted molar refractivity (Wildman–Crippen MR) is 76.8 cm³/mol. The van der Waals surface area contributed by atoms with E-state index < -0.39 is 11.8 Å². The van der Waals surface area contributed by atoms with Crippen molar-refractivity contribution in [2.24, 2.45) is 0 Å². The van der Waals surface area contributed by atoms with Crippen molar-refractivity contribution in [3.8, 4) is 5.75 Å². The normalized spacial score (nSPS) is 10.2. The summed E-state index contributed by atoms with van der Waals surface area (Å²) in [6, 6.07) is 5.97. The molecule has 110 valence electrons. The van der Waals surface area contributed by atoms with E-state index in [-0.39, 0.29) is 11.3 Å². The molecule has 0 atom stereocenters. The number of carbonyl (C=O) groups is 1. The Morgan fingerprint density at radius 2 is 2.19 bits per heavy atom. The lowest BCUT2D eigenvalue weighted by Gasteiger charge is -2.11. The number of halogens is 1. The zero-order chi connectivity index (χ0) is 15.4. The largest absolute Gasteiger partial charge is 0.491 e. The SMILES string of the molecule is CCOc1ccc(Nc2cc(C)ncc2C(=O)O)cc1F. The molecule has 0 bridgehead atoms. The molecule has 21 heavy (non-hydrogen) atoms. The molecule has 2 rings (SSSR count). The number of rotatable bonds is 5. The zero-order valence-corrected chi connectivity index (χ0v) is 11.7. The number of aryl methyl sites for hydroxylation is 1. The lowest BCUT2D eigenvalue weighted by Crippen LogP contribution is -2.04. The molecule has 5 nitrogen and oxygen atoms in total. The van der Waals surface area contributed by atoms with Gasteiger partial charge in [0.2, 0.25) is 0 Å². The Balaban J connectivity index is 2.32. The number of aromatic carboxylic acids is 1. The Labute approximate surface area is 121 Å². The zero-order valence-electron chi connectivity index (χ0n) is 11.7. The van der Waals surface area contributed by atoms with E-state index in [4.69, 9.17) is 9.84 Å². The van der Waals surface area contributed by atoms with Gasteiger partial charge in [0.15, 0.2) is 11.6 Å². The molecule has 0 saturated carbocycles. The van der Waals surface area contributed by atoms with Crippen LogP contribution in [0.1, 0.15) is 23.0 Å². The highest BCUT2D eigenvalue weighted by Crippen LogP contribution is 2.25. The Bertz CT molecular complexity index is 674. The van der Waals surface area contributed by atoms with Crippen LogP contribution in [0.25, 0.3) is 0 Å². The van der Waals surface area contributed by atoms with E-state index in [1.54, 1.807) is 26.0 Å². The smallest absolute Gasteiger partial charge is 0.339 e. The summed E-state index contributed by atoms with van der Waals surface area (Å²) in [5.41, 5.74) is 1.48. The molecule has 2 aromatic rings. The fourth-order valence-corrected chi connectivity index (χ4v) is 1.84. The molecule has 0 aliphatic carbocycles. The average molecular weight is 290 g/mol. The average Bonchev–Trinajstić information content (AvgIpc) is 2.42. The third-order valence-electron chi connectivity index (χ3n) is 2.78. The molecule has 0 fully saturated rings. The van der Waals surface area contributed by atoms with Gasteiger partial charge in [-0.1, -0.05) is 0 Å². The highest BCUT2D eigenvalue weighted by molar-refractivity contribution is 5.94. The first-order valence-electron chi connectivity index (χ1n) is 6.40. The van der Waals surface area contributed by atoms with Crippen molar-refractivity contribution in [3.63, 3.8) is 0 Å². The van der Waals surface area contributed by atoms with Gasteiger partial charge in [-0.2, -0.15) is 0 Å². The third-order valence-corrected chi connectivity index (χ3v) is 2.78. The Morgan fingerprint density at radius 3 is 2.81 bits per heavy atom. The van der Waals surface area contributed by atoms with Gasteiger partial charge in [0.05, 0.1) is 12.3 Å². The summed E-state index contributed by atoms with van der Waals surface area (Å²) in [6.45, 7) is 3.89. The monoisotopic (exact) mass is 290 g/mol. The second kappa shape index (κ2) is 6.21. The second-order valence-electron chi connectivity index (χ2n) is 4.38. The molecule has 6 heteroatoms. The van der Waals surface area contributed by atoms with Crippen molar-refractivity contribution in [3.05, 3.63) is 47.5 Å². The number of hydrogen-bond acceptors (Lipinski definition) is 4. The van der Waals surface area contributed by atoms with Gasteiger partial charge in [-0.15, -0.1) is 0 Å². The van der Waals surface area contributed by atoms with E-state index in [0.717, 1.165) is 0 Å². The van der Waals surface area contributed by atoms with Crippen molar-refractivity contribution < 1.29 is 19.0 Å². The number of benzene rings is 1. The maximum atomic E-state index is 13.8. The minimum absolute atomic E-state index is 0.0230. The van der Waals surface area contributed by atoms with Crippen LogP contribution in [-0.4, -0.2) is 22.7 Å². The van der Waals surface area contributed by atoms with Crippen molar-refractivity contribution in [1.29, 1.82) is 0 Å². The van der Waals surface area contributed by atoms with Gasteiger partial charge in [-0.3, -0.25) is 4.98 Å². The molecule has 0 aliphatic rings. The molecular weight excluding hydrogens is 275 g/mol. The molecular formula is C15H15FN2O3. The van der Waals surface area contributed by atoms with Gasteiger partial charge in [0.25, 0.3) is 0 Å². The summed E-state index contributed by atoms with van der Waals surface area (Å²) < 4.78 is 18.9. The first-order valence-corrected chi connectivity index (χ1v) is 6.40.